The van der Waals surface area contributed by atoms with Crippen molar-refractivity contribution in [2.45, 2.75) is 13.0 Å². The van der Waals surface area contributed by atoms with Gasteiger partial charge < -0.3 is 9.30 Å². The largest absolute Gasteiger partial charge is 0.385 e. The van der Waals surface area contributed by atoms with E-state index < -0.39 is 0 Å². The maximum Gasteiger partial charge on any atom is 0.159 e. The van der Waals surface area contributed by atoms with Crippen LogP contribution in [0.4, 0.5) is 4.39 Å². The standard InChI is InChI=1S/C15H17FN4O/c1-19-14-10-11(16)4-5-12(14)18-15(19)13-6-7-17-20(13)8-3-9-21-2/h4-7,10H,3,8-9H2,1-2H3. The van der Waals surface area contributed by atoms with Crippen molar-refractivity contribution in [1.29, 1.82) is 0 Å². The number of methoxy groups -OCH3 is 1. The Morgan fingerprint density at radius 3 is 2.95 bits per heavy atom. The lowest BCUT2D eigenvalue weighted by atomic mass is 10.3. The van der Waals surface area contributed by atoms with Crippen LogP contribution in [0.3, 0.4) is 0 Å². The topological polar surface area (TPSA) is 44.9 Å². The molecule has 5 nitrogen and oxygen atoms in total. The Morgan fingerprint density at radius 1 is 1.29 bits per heavy atom. The third-order valence-electron chi connectivity index (χ3n) is 3.51. The van der Waals surface area contributed by atoms with Gasteiger partial charge in [0.2, 0.25) is 0 Å². The Balaban J connectivity index is 2.01. The highest BCUT2D eigenvalue weighted by molar-refractivity contribution is 5.80. The summed E-state index contributed by atoms with van der Waals surface area (Å²) in [5.74, 6) is 0.524. The number of fused-ring (bicyclic) bond motifs is 1. The lowest BCUT2D eigenvalue weighted by Gasteiger charge is -2.07. The number of aryl methyl sites for hydroxylation is 2. The molecule has 2 heterocycles. The van der Waals surface area contributed by atoms with Gasteiger partial charge in [-0.1, -0.05) is 0 Å². The number of hydrogen-bond donors (Lipinski definition) is 0. The van der Waals surface area contributed by atoms with E-state index in [2.05, 4.69) is 10.1 Å². The third-order valence-corrected chi connectivity index (χ3v) is 3.51. The van der Waals surface area contributed by atoms with Gasteiger partial charge in [0.05, 0.1) is 11.0 Å². The molecule has 3 rings (SSSR count). The van der Waals surface area contributed by atoms with Gasteiger partial charge in [-0.3, -0.25) is 4.68 Å². The fraction of sp³-hybridized carbons (Fsp3) is 0.333. The van der Waals surface area contributed by atoms with E-state index in [1.807, 2.05) is 22.4 Å². The van der Waals surface area contributed by atoms with Crippen LogP contribution in [-0.4, -0.2) is 33.0 Å². The molecule has 0 bridgehead atoms. The first-order valence-corrected chi connectivity index (χ1v) is 6.84. The van der Waals surface area contributed by atoms with Gasteiger partial charge in [0, 0.05) is 33.5 Å². The minimum atomic E-state index is -0.259. The molecule has 0 fully saturated rings. The Kier molecular flexibility index (Phi) is 3.70. The molecular formula is C15H17FN4O. The van der Waals surface area contributed by atoms with E-state index in [1.54, 1.807) is 19.4 Å². The minimum Gasteiger partial charge on any atom is -0.385 e. The zero-order chi connectivity index (χ0) is 14.8. The Labute approximate surface area is 122 Å². The second kappa shape index (κ2) is 5.65. The van der Waals surface area contributed by atoms with E-state index in [1.165, 1.54) is 12.1 Å². The van der Waals surface area contributed by atoms with Crippen LogP contribution in [0, 0.1) is 5.82 Å². The van der Waals surface area contributed by atoms with Crippen LogP contribution in [0.25, 0.3) is 22.6 Å². The fourth-order valence-corrected chi connectivity index (χ4v) is 2.45. The third kappa shape index (κ3) is 2.54. The molecule has 0 saturated carbocycles. The van der Waals surface area contributed by atoms with Crippen LogP contribution in [-0.2, 0) is 18.3 Å². The van der Waals surface area contributed by atoms with Gasteiger partial charge in [0.15, 0.2) is 5.82 Å². The van der Waals surface area contributed by atoms with Gasteiger partial charge in [-0.25, -0.2) is 9.37 Å². The zero-order valence-electron chi connectivity index (χ0n) is 12.1. The molecule has 0 aliphatic rings. The monoisotopic (exact) mass is 288 g/mol. The first-order chi connectivity index (χ1) is 10.2. The summed E-state index contributed by atoms with van der Waals surface area (Å²) in [5, 5.41) is 4.33. The van der Waals surface area contributed by atoms with Crippen molar-refractivity contribution in [3.05, 3.63) is 36.3 Å². The summed E-state index contributed by atoms with van der Waals surface area (Å²) in [6, 6.07) is 6.54. The molecule has 0 radical (unpaired) electrons. The van der Waals surface area contributed by atoms with Crippen molar-refractivity contribution in [1.82, 2.24) is 19.3 Å². The zero-order valence-corrected chi connectivity index (χ0v) is 12.1. The number of imidazole rings is 1. The van der Waals surface area contributed by atoms with E-state index in [0.717, 1.165) is 35.5 Å². The van der Waals surface area contributed by atoms with Gasteiger partial charge in [-0.05, 0) is 30.7 Å². The molecule has 0 spiro atoms. The average molecular weight is 288 g/mol. The first kappa shape index (κ1) is 13.8. The van der Waals surface area contributed by atoms with Crippen LogP contribution < -0.4 is 0 Å². The Morgan fingerprint density at radius 2 is 2.14 bits per heavy atom. The quantitative estimate of drug-likeness (QED) is 0.678. The van der Waals surface area contributed by atoms with E-state index >= 15 is 0 Å². The van der Waals surface area contributed by atoms with Crippen molar-refractivity contribution in [3.8, 4) is 11.5 Å². The van der Waals surface area contributed by atoms with Gasteiger partial charge >= 0.3 is 0 Å². The first-order valence-electron chi connectivity index (χ1n) is 6.84. The molecule has 1 aromatic carbocycles. The molecule has 110 valence electrons. The van der Waals surface area contributed by atoms with Crippen LogP contribution in [0.2, 0.25) is 0 Å². The van der Waals surface area contributed by atoms with E-state index in [4.69, 9.17) is 4.74 Å². The predicted molar refractivity (Wildman–Crippen MR) is 78.4 cm³/mol. The summed E-state index contributed by atoms with van der Waals surface area (Å²) in [4.78, 5) is 4.59. The summed E-state index contributed by atoms with van der Waals surface area (Å²) in [7, 11) is 3.57. The van der Waals surface area contributed by atoms with E-state index in [9.17, 15) is 4.39 Å². The SMILES string of the molecule is COCCCn1nccc1-c1nc2ccc(F)cc2n1C. The predicted octanol–water partition coefficient (Wildman–Crippen LogP) is 2.61. The Bertz CT molecular complexity index is 762. The molecule has 0 unspecified atom stereocenters. The van der Waals surface area contributed by atoms with Crippen LogP contribution in [0.15, 0.2) is 30.5 Å². The van der Waals surface area contributed by atoms with Crippen molar-refractivity contribution in [2.75, 3.05) is 13.7 Å². The van der Waals surface area contributed by atoms with Gasteiger partial charge in [-0.2, -0.15) is 5.10 Å². The maximum absolute atomic E-state index is 13.4. The van der Waals surface area contributed by atoms with Crippen molar-refractivity contribution >= 4 is 11.0 Å². The second-order valence-electron chi connectivity index (χ2n) is 4.91. The summed E-state index contributed by atoms with van der Waals surface area (Å²) in [6.45, 7) is 1.45. The van der Waals surface area contributed by atoms with E-state index in [0.29, 0.717) is 6.61 Å². The minimum absolute atomic E-state index is 0.259. The Hall–Kier alpha value is -2.21. The smallest absolute Gasteiger partial charge is 0.159 e. The highest BCUT2D eigenvalue weighted by Gasteiger charge is 2.14. The summed E-state index contributed by atoms with van der Waals surface area (Å²) in [5.41, 5.74) is 2.47. The maximum atomic E-state index is 13.4. The number of nitrogens with zero attached hydrogens (tertiary/aromatic N) is 4. The molecule has 21 heavy (non-hydrogen) atoms. The second-order valence-corrected chi connectivity index (χ2v) is 4.91. The molecule has 6 heteroatoms. The highest BCUT2D eigenvalue weighted by atomic mass is 19.1. The average Bonchev–Trinajstić information content (AvgIpc) is 3.05. The number of ether oxygens (including phenoxy) is 1. The molecule has 0 amide bonds. The molecule has 3 aromatic rings. The van der Waals surface area contributed by atoms with Crippen LogP contribution in [0.5, 0.6) is 0 Å². The molecule has 2 aromatic heterocycles. The van der Waals surface area contributed by atoms with Crippen molar-refractivity contribution in [3.63, 3.8) is 0 Å². The van der Waals surface area contributed by atoms with Gasteiger partial charge in [-0.15, -0.1) is 0 Å². The number of benzene rings is 1. The number of rotatable bonds is 5. The number of halogens is 1. The van der Waals surface area contributed by atoms with Crippen molar-refractivity contribution in [2.24, 2.45) is 7.05 Å². The number of aromatic nitrogens is 4. The molecular weight excluding hydrogens is 271 g/mol. The van der Waals surface area contributed by atoms with Crippen LogP contribution in [0.1, 0.15) is 6.42 Å². The van der Waals surface area contributed by atoms with Crippen molar-refractivity contribution < 1.29 is 9.13 Å². The lowest BCUT2D eigenvalue weighted by molar-refractivity contribution is 0.189. The summed E-state index contributed by atoms with van der Waals surface area (Å²) >= 11 is 0. The van der Waals surface area contributed by atoms with Gasteiger partial charge in [0.1, 0.15) is 11.5 Å². The highest BCUT2D eigenvalue weighted by Crippen LogP contribution is 2.24. The molecule has 0 saturated heterocycles. The summed E-state index contributed by atoms with van der Waals surface area (Å²) in [6.07, 6.45) is 2.63. The van der Waals surface area contributed by atoms with Gasteiger partial charge in [0.25, 0.3) is 0 Å². The molecule has 0 atom stereocenters. The van der Waals surface area contributed by atoms with E-state index in [-0.39, 0.29) is 5.82 Å². The molecule has 0 N–H and O–H groups in total. The number of hydrogen-bond acceptors (Lipinski definition) is 3. The molecule has 0 aliphatic carbocycles. The van der Waals surface area contributed by atoms with Crippen LogP contribution >= 0.6 is 0 Å². The molecule has 0 aliphatic heterocycles. The fourth-order valence-electron chi connectivity index (χ4n) is 2.45. The normalized spacial score (nSPS) is 11.4. The lowest BCUT2D eigenvalue weighted by Crippen LogP contribution is -2.06. The summed E-state index contributed by atoms with van der Waals surface area (Å²) < 4.78 is 22.2.